The summed E-state index contributed by atoms with van der Waals surface area (Å²) in [6.07, 6.45) is 6.71. The highest BCUT2D eigenvalue weighted by molar-refractivity contribution is 5.84. The summed E-state index contributed by atoms with van der Waals surface area (Å²) < 4.78 is 8.26. The molecule has 4 aromatic rings. The molecule has 0 radical (unpaired) electrons. The first-order chi connectivity index (χ1) is 17.9. The van der Waals surface area contributed by atoms with Crippen molar-refractivity contribution in [3.8, 4) is 17.1 Å². The number of anilines is 1. The molecule has 1 aliphatic heterocycles. The molecule has 0 saturated carbocycles. The number of nitrogens with two attached hydrogens (primary N) is 1. The molecule has 0 spiro atoms. The van der Waals surface area contributed by atoms with Crippen LogP contribution in [0.15, 0.2) is 59.1 Å². The van der Waals surface area contributed by atoms with Crippen LogP contribution in [0.25, 0.3) is 34.3 Å². The quantitative estimate of drug-likeness (QED) is 0.382. The van der Waals surface area contributed by atoms with Gasteiger partial charge in [0.1, 0.15) is 11.8 Å². The number of benzene rings is 1. The van der Waals surface area contributed by atoms with Gasteiger partial charge in [0.15, 0.2) is 11.5 Å². The molecule has 2 atom stereocenters. The Morgan fingerprint density at radius 2 is 2.05 bits per heavy atom. The molecule has 1 aliphatic rings. The van der Waals surface area contributed by atoms with Gasteiger partial charge in [-0.1, -0.05) is 24.7 Å². The van der Waals surface area contributed by atoms with Crippen molar-refractivity contribution in [2.75, 3.05) is 18.8 Å². The summed E-state index contributed by atoms with van der Waals surface area (Å²) in [5, 5.41) is 3.94. The summed E-state index contributed by atoms with van der Waals surface area (Å²) in [4.78, 5) is 41.5. The molecule has 1 saturated heterocycles. The van der Waals surface area contributed by atoms with Crippen LogP contribution in [0.4, 0.5) is 5.82 Å². The molecule has 2 unspecified atom stereocenters. The van der Waals surface area contributed by atoms with Crippen LogP contribution in [0.1, 0.15) is 38.1 Å². The Hall–Kier alpha value is -4.54. The number of aromatic nitrogens is 6. The van der Waals surface area contributed by atoms with Gasteiger partial charge in [0.05, 0.1) is 11.7 Å². The molecule has 2 N–H and O–H groups in total. The average molecular weight is 501 g/mol. The first-order valence-electron chi connectivity index (χ1n) is 12.1. The molecule has 4 heterocycles. The van der Waals surface area contributed by atoms with Crippen molar-refractivity contribution in [1.29, 1.82) is 0 Å². The molecular weight excluding hydrogens is 472 g/mol. The largest absolute Gasteiger partial charge is 0.382 e. The number of carbonyl (C=O) groups excluding carboxylic acids is 1. The van der Waals surface area contributed by atoms with Gasteiger partial charge in [0.2, 0.25) is 17.6 Å². The van der Waals surface area contributed by atoms with Crippen LogP contribution in [0.5, 0.6) is 0 Å². The molecule has 190 valence electrons. The Morgan fingerprint density at radius 1 is 1.27 bits per heavy atom. The van der Waals surface area contributed by atoms with E-state index in [0.29, 0.717) is 48.1 Å². The topological polar surface area (TPSA) is 138 Å². The van der Waals surface area contributed by atoms with Crippen molar-refractivity contribution in [3.63, 3.8) is 0 Å². The number of piperidine rings is 1. The van der Waals surface area contributed by atoms with Gasteiger partial charge in [0.25, 0.3) is 0 Å². The van der Waals surface area contributed by atoms with Crippen LogP contribution >= 0.6 is 0 Å². The fraction of sp³-hybridized carbons (Fsp3) is 0.308. The molecule has 0 bridgehead atoms. The van der Waals surface area contributed by atoms with Crippen molar-refractivity contribution in [1.82, 2.24) is 34.1 Å². The van der Waals surface area contributed by atoms with Crippen LogP contribution in [-0.2, 0) is 4.79 Å². The summed E-state index contributed by atoms with van der Waals surface area (Å²) in [7, 11) is 0. The smallest absolute Gasteiger partial charge is 0.335 e. The number of rotatable bonds is 7. The number of carbonyl (C=O) groups is 1. The van der Waals surface area contributed by atoms with Gasteiger partial charge in [-0.25, -0.2) is 14.8 Å². The number of allylic oxidation sites excluding steroid dienone is 1. The van der Waals surface area contributed by atoms with E-state index in [1.54, 1.807) is 34.9 Å². The summed E-state index contributed by atoms with van der Waals surface area (Å²) in [6.45, 7) is 10.3. The second-order valence-corrected chi connectivity index (χ2v) is 9.13. The number of likely N-dealkylation sites (tertiary alicyclic amines) is 1. The number of imidazole rings is 1. The predicted molar refractivity (Wildman–Crippen MR) is 140 cm³/mol. The van der Waals surface area contributed by atoms with E-state index in [1.807, 2.05) is 11.8 Å². The van der Waals surface area contributed by atoms with Gasteiger partial charge in [-0.05, 0) is 49.6 Å². The molecule has 1 fully saturated rings. The minimum Gasteiger partial charge on any atom is -0.382 e. The Labute approximate surface area is 212 Å². The molecule has 1 aromatic carbocycles. The van der Waals surface area contributed by atoms with Gasteiger partial charge in [-0.2, -0.15) is 4.98 Å². The van der Waals surface area contributed by atoms with E-state index in [-0.39, 0.29) is 29.4 Å². The van der Waals surface area contributed by atoms with Crippen LogP contribution < -0.4 is 11.4 Å². The first kappa shape index (κ1) is 24.2. The van der Waals surface area contributed by atoms with E-state index in [1.165, 1.54) is 17.0 Å². The second kappa shape index (κ2) is 9.84. The SMILES string of the molecule is C=CCC(C)C(=O)N1CCCC(n2c(=O)n(-c3ccc(-c4noc(C=C)n4)cc3)c3c(N)ncnc32)C1. The fourth-order valence-corrected chi connectivity index (χ4v) is 4.86. The fourth-order valence-electron chi connectivity index (χ4n) is 4.86. The van der Waals surface area contributed by atoms with Crippen molar-refractivity contribution in [3.05, 3.63) is 66.2 Å². The van der Waals surface area contributed by atoms with E-state index in [4.69, 9.17) is 10.3 Å². The van der Waals surface area contributed by atoms with E-state index in [0.717, 1.165) is 18.4 Å². The maximum Gasteiger partial charge on any atom is 0.335 e. The number of hydrogen-bond donors (Lipinski definition) is 1. The summed E-state index contributed by atoms with van der Waals surface area (Å²) in [6, 6.07) is 6.92. The zero-order valence-corrected chi connectivity index (χ0v) is 20.6. The third kappa shape index (κ3) is 4.32. The maximum absolute atomic E-state index is 13.9. The lowest BCUT2D eigenvalue weighted by molar-refractivity contribution is -0.136. The number of hydrogen-bond acceptors (Lipinski definition) is 8. The highest BCUT2D eigenvalue weighted by atomic mass is 16.5. The lowest BCUT2D eigenvalue weighted by Gasteiger charge is -2.34. The van der Waals surface area contributed by atoms with Crippen LogP contribution in [-0.4, -0.2) is 53.1 Å². The highest BCUT2D eigenvalue weighted by Crippen LogP contribution is 2.28. The molecule has 0 aliphatic carbocycles. The predicted octanol–water partition coefficient (Wildman–Crippen LogP) is 3.23. The number of fused-ring (bicyclic) bond motifs is 1. The monoisotopic (exact) mass is 500 g/mol. The molecule has 11 nitrogen and oxygen atoms in total. The molecule has 1 amide bonds. The Morgan fingerprint density at radius 3 is 2.76 bits per heavy atom. The third-order valence-corrected chi connectivity index (χ3v) is 6.70. The Kier molecular flexibility index (Phi) is 6.43. The standard InChI is InChI=1S/C26H28N8O3/c1-4-7-16(3)25(35)32-13-6-8-19(14-32)34-24-21(22(27)28-15-29-24)33(26(34)36)18-11-9-17(10-12-18)23-30-20(5-2)37-31-23/h4-5,9-12,15-16,19H,1-2,6-8,13-14H2,3H3,(H2,27,28,29). The number of nitrogen functional groups attached to an aromatic ring is 1. The molecule has 3 aromatic heterocycles. The van der Waals surface area contributed by atoms with E-state index in [9.17, 15) is 9.59 Å². The maximum atomic E-state index is 13.9. The number of amides is 1. The van der Waals surface area contributed by atoms with Crippen LogP contribution in [0.2, 0.25) is 0 Å². The third-order valence-electron chi connectivity index (χ3n) is 6.70. The van der Waals surface area contributed by atoms with Crippen molar-refractivity contribution < 1.29 is 9.32 Å². The highest BCUT2D eigenvalue weighted by Gasteiger charge is 2.31. The molecule has 37 heavy (non-hydrogen) atoms. The van der Waals surface area contributed by atoms with Gasteiger partial charge in [0, 0.05) is 24.6 Å². The van der Waals surface area contributed by atoms with Gasteiger partial charge in [-0.15, -0.1) is 6.58 Å². The van der Waals surface area contributed by atoms with Gasteiger partial charge >= 0.3 is 5.69 Å². The lowest BCUT2D eigenvalue weighted by atomic mass is 10.0. The molecule has 5 rings (SSSR count). The summed E-state index contributed by atoms with van der Waals surface area (Å²) >= 11 is 0. The number of nitrogens with zero attached hydrogens (tertiary/aromatic N) is 7. The summed E-state index contributed by atoms with van der Waals surface area (Å²) in [5.74, 6) is 0.834. The average Bonchev–Trinajstić information content (AvgIpc) is 3.51. The Bertz CT molecular complexity index is 1530. The van der Waals surface area contributed by atoms with Gasteiger partial charge in [-0.3, -0.25) is 13.9 Å². The summed E-state index contributed by atoms with van der Waals surface area (Å²) in [5.41, 5.74) is 8.14. The minimum absolute atomic E-state index is 0.0622. The normalized spacial score (nSPS) is 16.6. The van der Waals surface area contributed by atoms with Gasteiger partial charge < -0.3 is 15.2 Å². The first-order valence-corrected chi connectivity index (χ1v) is 12.1. The molecular formula is C26H28N8O3. The van der Waals surface area contributed by atoms with E-state index >= 15 is 0 Å². The van der Waals surface area contributed by atoms with Crippen LogP contribution in [0.3, 0.4) is 0 Å². The van der Waals surface area contributed by atoms with Crippen molar-refractivity contribution in [2.45, 2.75) is 32.2 Å². The molecule has 11 heteroatoms. The van der Waals surface area contributed by atoms with Crippen molar-refractivity contribution >= 4 is 29.0 Å². The van der Waals surface area contributed by atoms with Crippen molar-refractivity contribution in [2.24, 2.45) is 5.92 Å². The second-order valence-electron chi connectivity index (χ2n) is 9.13. The van der Waals surface area contributed by atoms with E-state index < -0.39 is 0 Å². The zero-order chi connectivity index (χ0) is 26.1. The lowest BCUT2D eigenvalue weighted by Crippen LogP contribution is -2.44. The zero-order valence-electron chi connectivity index (χ0n) is 20.6. The Balaban J connectivity index is 1.55. The minimum atomic E-state index is -0.290. The van der Waals surface area contributed by atoms with Crippen LogP contribution in [0, 0.1) is 5.92 Å². The van der Waals surface area contributed by atoms with E-state index in [2.05, 4.69) is 33.3 Å².